The largest absolute Gasteiger partial charge is 0.499 e. The Bertz CT molecular complexity index is 436. The van der Waals surface area contributed by atoms with E-state index in [0.29, 0.717) is 5.02 Å². The third-order valence-electron chi connectivity index (χ3n) is 1.60. The minimum Gasteiger partial charge on any atom is -0.499 e. The van der Waals surface area contributed by atoms with Crippen LogP contribution in [0.25, 0.3) is 10.1 Å². The van der Waals surface area contributed by atoms with Crippen molar-refractivity contribution in [2.45, 2.75) is 4.90 Å². The Labute approximate surface area is 84.0 Å². The topological polar surface area (TPSA) is 20.2 Å². The third-order valence-corrected chi connectivity index (χ3v) is 3.42. The van der Waals surface area contributed by atoms with Gasteiger partial charge in [-0.15, -0.1) is 12.6 Å². The van der Waals surface area contributed by atoms with Gasteiger partial charge >= 0.3 is 0 Å². The van der Waals surface area contributed by atoms with Gasteiger partial charge in [-0.05, 0) is 12.1 Å². The van der Waals surface area contributed by atoms with E-state index in [1.807, 2.05) is 12.1 Å². The van der Waals surface area contributed by atoms with E-state index in [-0.39, 0.29) is 5.06 Å². The molecule has 2 rings (SSSR count). The van der Waals surface area contributed by atoms with Gasteiger partial charge in [-0.3, -0.25) is 0 Å². The van der Waals surface area contributed by atoms with Crippen LogP contribution in [0.5, 0.6) is 5.06 Å². The zero-order valence-corrected chi connectivity index (χ0v) is 8.38. The second-order valence-corrected chi connectivity index (χ2v) is 4.32. The van der Waals surface area contributed by atoms with Crippen molar-refractivity contribution in [1.29, 1.82) is 0 Å². The van der Waals surface area contributed by atoms with Crippen molar-refractivity contribution in [1.82, 2.24) is 0 Å². The first kappa shape index (κ1) is 8.23. The first-order chi connectivity index (χ1) is 5.68. The minimum absolute atomic E-state index is 0.283. The highest BCUT2D eigenvalue weighted by molar-refractivity contribution is 7.80. The van der Waals surface area contributed by atoms with Crippen molar-refractivity contribution < 1.29 is 5.11 Å². The molecule has 0 saturated carbocycles. The fraction of sp³-hybridized carbons (Fsp3) is 0. The fourth-order valence-electron chi connectivity index (χ4n) is 1.05. The van der Waals surface area contributed by atoms with Crippen molar-refractivity contribution in [2.24, 2.45) is 0 Å². The molecule has 1 aromatic heterocycles. The molecule has 0 bridgehead atoms. The average molecular weight is 217 g/mol. The van der Waals surface area contributed by atoms with E-state index >= 15 is 0 Å². The molecule has 0 fully saturated rings. The van der Waals surface area contributed by atoms with Crippen LogP contribution < -0.4 is 0 Å². The van der Waals surface area contributed by atoms with Crippen molar-refractivity contribution in [3.05, 3.63) is 23.2 Å². The van der Waals surface area contributed by atoms with E-state index in [2.05, 4.69) is 12.6 Å². The monoisotopic (exact) mass is 216 g/mol. The lowest BCUT2D eigenvalue weighted by atomic mass is 10.3. The number of rotatable bonds is 0. The lowest BCUT2D eigenvalue weighted by molar-refractivity contribution is 0.491. The number of halogens is 1. The normalized spacial score (nSPS) is 10.8. The van der Waals surface area contributed by atoms with Crippen LogP contribution in [-0.4, -0.2) is 5.11 Å². The van der Waals surface area contributed by atoms with Crippen LogP contribution in [0.2, 0.25) is 5.02 Å². The number of hydrogen-bond acceptors (Lipinski definition) is 3. The smallest absolute Gasteiger partial charge is 0.172 e. The Hall–Kier alpha value is -0.380. The molecule has 1 N–H and O–H groups in total. The summed E-state index contributed by atoms with van der Waals surface area (Å²) in [4.78, 5) is 0.738. The summed E-state index contributed by atoms with van der Waals surface area (Å²) in [5, 5.41) is 11.0. The Kier molecular flexibility index (Phi) is 1.94. The summed E-state index contributed by atoms with van der Waals surface area (Å²) in [5.41, 5.74) is 0. The summed E-state index contributed by atoms with van der Waals surface area (Å²) in [6, 6.07) is 5.37. The quantitative estimate of drug-likeness (QED) is 0.646. The Morgan fingerprint density at radius 2 is 2.17 bits per heavy atom. The molecule has 1 nitrogen and oxygen atoms in total. The second kappa shape index (κ2) is 2.83. The van der Waals surface area contributed by atoms with Crippen molar-refractivity contribution in [3.8, 4) is 5.06 Å². The lowest BCUT2D eigenvalue weighted by Gasteiger charge is -1.95. The van der Waals surface area contributed by atoms with Gasteiger partial charge in [0.05, 0.1) is 5.02 Å². The molecular formula is C8H5ClOS2. The van der Waals surface area contributed by atoms with Gasteiger partial charge in [-0.1, -0.05) is 22.9 Å². The lowest BCUT2D eigenvalue weighted by Crippen LogP contribution is -1.68. The molecule has 12 heavy (non-hydrogen) atoms. The number of aromatic hydroxyl groups is 1. The molecule has 0 saturated heterocycles. The predicted octanol–water partition coefficient (Wildman–Crippen LogP) is 3.55. The van der Waals surface area contributed by atoms with Gasteiger partial charge in [0.2, 0.25) is 0 Å². The van der Waals surface area contributed by atoms with Crippen molar-refractivity contribution in [2.75, 3.05) is 0 Å². The summed E-state index contributed by atoms with van der Waals surface area (Å²) < 4.78 is 0.982. The maximum Gasteiger partial charge on any atom is 0.172 e. The Morgan fingerprint density at radius 3 is 2.92 bits per heavy atom. The predicted molar refractivity (Wildman–Crippen MR) is 55.8 cm³/mol. The van der Waals surface area contributed by atoms with E-state index in [0.717, 1.165) is 15.0 Å². The van der Waals surface area contributed by atoms with Crippen LogP contribution in [-0.2, 0) is 0 Å². The molecule has 62 valence electrons. The van der Waals surface area contributed by atoms with E-state index in [4.69, 9.17) is 11.6 Å². The van der Waals surface area contributed by atoms with Gasteiger partial charge in [0.25, 0.3) is 0 Å². The van der Waals surface area contributed by atoms with Crippen LogP contribution in [0.3, 0.4) is 0 Å². The van der Waals surface area contributed by atoms with E-state index < -0.39 is 0 Å². The summed E-state index contributed by atoms with van der Waals surface area (Å²) in [6.45, 7) is 0. The molecule has 1 heterocycles. The highest BCUT2D eigenvalue weighted by Crippen LogP contribution is 2.37. The molecule has 1 aromatic carbocycles. The van der Waals surface area contributed by atoms with Crippen molar-refractivity contribution in [3.63, 3.8) is 0 Å². The third kappa shape index (κ3) is 1.18. The van der Waals surface area contributed by atoms with Crippen LogP contribution in [0.1, 0.15) is 0 Å². The van der Waals surface area contributed by atoms with Crippen LogP contribution in [0.15, 0.2) is 23.1 Å². The Balaban J connectivity index is 2.89. The highest BCUT2D eigenvalue weighted by Gasteiger charge is 2.06. The number of benzene rings is 1. The van der Waals surface area contributed by atoms with Crippen LogP contribution in [0, 0.1) is 0 Å². The van der Waals surface area contributed by atoms with E-state index in [9.17, 15) is 5.11 Å². The zero-order valence-electron chi connectivity index (χ0n) is 5.91. The van der Waals surface area contributed by atoms with Gasteiger partial charge in [-0.25, -0.2) is 0 Å². The molecule has 0 spiro atoms. The van der Waals surface area contributed by atoms with E-state index in [1.54, 1.807) is 6.07 Å². The maximum absolute atomic E-state index is 9.21. The van der Waals surface area contributed by atoms with Crippen LogP contribution >= 0.6 is 35.6 Å². The first-order valence-electron chi connectivity index (χ1n) is 3.28. The molecule has 0 radical (unpaired) electrons. The second-order valence-electron chi connectivity index (χ2n) is 2.40. The summed E-state index contributed by atoms with van der Waals surface area (Å²) in [6.07, 6.45) is 0. The Morgan fingerprint density at radius 1 is 1.42 bits per heavy atom. The molecule has 2 aromatic rings. The summed E-state index contributed by atoms with van der Waals surface area (Å²) in [5.74, 6) is 0. The molecule has 4 heteroatoms. The highest BCUT2D eigenvalue weighted by atomic mass is 35.5. The number of thiophene rings is 1. The number of thiol groups is 1. The first-order valence-corrected chi connectivity index (χ1v) is 4.92. The molecular weight excluding hydrogens is 212 g/mol. The van der Waals surface area contributed by atoms with Crippen LogP contribution in [0.4, 0.5) is 0 Å². The zero-order chi connectivity index (χ0) is 8.72. The summed E-state index contributed by atoms with van der Waals surface area (Å²) in [7, 11) is 0. The number of fused-ring (bicyclic) bond motifs is 1. The maximum atomic E-state index is 9.21. The van der Waals surface area contributed by atoms with Gasteiger partial charge in [-0.2, -0.15) is 0 Å². The number of hydrogen-bond donors (Lipinski definition) is 2. The van der Waals surface area contributed by atoms with E-state index in [1.165, 1.54) is 11.3 Å². The van der Waals surface area contributed by atoms with Gasteiger partial charge in [0.1, 0.15) is 0 Å². The average Bonchev–Trinajstić information content (AvgIpc) is 2.39. The molecule has 0 aliphatic rings. The van der Waals surface area contributed by atoms with Gasteiger partial charge in [0, 0.05) is 21.0 Å². The molecule has 0 amide bonds. The molecule has 0 unspecified atom stereocenters. The SMILES string of the molecule is Oc1cc2c(Cl)c(S)ccc2s1. The van der Waals surface area contributed by atoms with Crippen molar-refractivity contribution >= 4 is 45.7 Å². The molecule has 0 aliphatic carbocycles. The molecule has 0 atom stereocenters. The van der Waals surface area contributed by atoms with Gasteiger partial charge < -0.3 is 5.11 Å². The molecule has 0 aliphatic heterocycles. The minimum atomic E-state index is 0.283. The van der Waals surface area contributed by atoms with Gasteiger partial charge in [0.15, 0.2) is 5.06 Å². The summed E-state index contributed by atoms with van der Waals surface area (Å²) >= 11 is 11.4. The fourth-order valence-corrected chi connectivity index (χ4v) is 2.33. The standard InChI is InChI=1S/C8H5ClOS2/c9-8-4-3-7(10)12-6(4)2-1-5(8)11/h1-3,10-11H.